The van der Waals surface area contributed by atoms with Crippen LogP contribution in [0, 0.1) is 0 Å². The Morgan fingerprint density at radius 1 is 1.32 bits per heavy atom. The number of hydrogen-bond acceptors (Lipinski definition) is 6. The Labute approximate surface area is 115 Å². The standard InChI is InChI=1S/C13H25N3O3/c1-3-18-13(17)19-12-10-15(2)8-9-16(12)11-4-6-14-7-5-11/h11-12,14H,3-10H2,1-2H3/t12-/m0/s1. The molecule has 2 rings (SSSR count). The molecule has 0 bridgehead atoms. The second-order valence-electron chi connectivity index (χ2n) is 5.24. The normalized spacial score (nSPS) is 27.2. The van der Waals surface area contributed by atoms with Crippen molar-refractivity contribution in [3.05, 3.63) is 0 Å². The Balaban J connectivity index is 1.95. The van der Waals surface area contributed by atoms with Crippen molar-refractivity contribution in [2.75, 3.05) is 46.4 Å². The minimum atomic E-state index is -0.554. The maximum absolute atomic E-state index is 11.5. The van der Waals surface area contributed by atoms with E-state index in [-0.39, 0.29) is 6.23 Å². The molecule has 1 N–H and O–H groups in total. The van der Waals surface area contributed by atoms with E-state index in [4.69, 9.17) is 9.47 Å². The smallest absolute Gasteiger partial charge is 0.435 e. The average molecular weight is 271 g/mol. The van der Waals surface area contributed by atoms with Gasteiger partial charge in [-0.1, -0.05) is 0 Å². The van der Waals surface area contributed by atoms with E-state index >= 15 is 0 Å². The first kappa shape index (κ1) is 14.6. The van der Waals surface area contributed by atoms with Crippen molar-refractivity contribution in [3.63, 3.8) is 0 Å². The monoisotopic (exact) mass is 271 g/mol. The maximum atomic E-state index is 11.5. The molecular weight excluding hydrogens is 246 g/mol. The van der Waals surface area contributed by atoms with Crippen LogP contribution in [0.2, 0.25) is 0 Å². The van der Waals surface area contributed by atoms with Crippen LogP contribution in [0.15, 0.2) is 0 Å². The lowest BCUT2D eigenvalue weighted by Gasteiger charge is -2.44. The minimum absolute atomic E-state index is 0.180. The zero-order valence-corrected chi connectivity index (χ0v) is 11.9. The molecule has 0 amide bonds. The number of nitrogens with zero attached hydrogens (tertiary/aromatic N) is 2. The molecule has 2 aliphatic rings. The average Bonchev–Trinajstić information content (AvgIpc) is 2.40. The Hall–Kier alpha value is -0.850. The van der Waals surface area contributed by atoms with E-state index in [0.717, 1.165) is 45.6 Å². The van der Waals surface area contributed by atoms with Crippen molar-refractivity contribution in [2.24, 2.45) is 0 Å². The van der Waals surface area contributed by atoms with E-state index < -0.39 is 6.16 Å². The Bertz CT molecular complexity index is 295. The molecule has 2 saturated heterocycles. The van der Waals surface area contributed by atoms with Crippen molar-refractivity contribution in [3.8, 4) is 0 Å². The second kappa shape index (κ2) is 7.07. The van der Waals surface area contributed by atoms with Gasteiger partial charge in [-0.25, -0.2) is 4.79 Å². The number of ether oxygens (including phenoxy) is 2. The summed E-state index contributed by atoms with van der Waals surface area (Å²) in [5.41, 5.74) is 0. The predicted molar refractivity (Wildman–Crippen MR) is 72.0 cm³/mol. The fourth-order valence-corrected chi connectivity index (χ4v) is 2.82. The summed E-state index contributed by atoms with van der Waals surface area (Å²) in [7, 11) is 2.06. The van der Waals surface area contributed by atoms with Gasteiger partial charge < -0.3 is 19.7 Å². The molecule has 0 aromatic carbocycles. The Kier molecular flexibility index (Phi) is 5.42. The highest BCUT2D eigenvalue weighted by Gasteiger charge is 2.34. The van der Waals surface area contributed by atoms with Crippen LogP contribution in [-0.2, 0) is 9.47 Å². The summed E-state index contributed by atoms with van der Waals surface area (Å²) in [4.78, 5) is 16.1. The predicted octanol–water partition coefficient (Wildman–Crippen LogP) is 0.485. The fourth-order valence-electron chi connectivity index (χ4n) is 2.82. The van der Waals surface area contributed by atoms with Crippen LogP contribution in [0.3, 0.4) is 0 Å². The number of piperazine rings is 1. The summed E-state index contributed by atoms with van der Waals surface area (Å²) in [6, 6.07) is 0.509. The van der Waals surface area contributed by atoms with Gasteiger partial charge in [0.15, 0.2) is 6.23 Å². The van der Waals surface area contributed by atoms with Crippen molar-refractivity contribution in [1.29, 1.82) is 0 Å². The first-order chi connectivity index (χ1) is 9.20. The molecule has 0 aromatic heterocycles. The molecule has 0 aliphatic carbocycles. The molecular formula is C13H25N3O3. The number of piperidine rings is 1. The summed E-state index contributed by atoms with van der Waals surface area (Å²) in [6.07, 6.45) is 1.50. The van der Waals surface area contributed by atoms with Gasteiger partial charge in [-0.05, 0) is 39.9 Å². The lowest BCUT2D eigenvalue weighted by Crippen LogP contribution is -2.58. The van der Waals surface area contributed by atoms with Gasteiger partial charge >= 0.3 is 6.16 Å². The van der Waals surface area contributed by atoms with Gasteiger partial charge in [0.05, 0.1) is 6.61 Å². The Morgan fingerprint density at radius 3 is 2.74 bits per heavy atom. The van der Waals surface area contributed by atoms with Crippen LogP contribution >= 0.6 is 0 Å². The van der Waals surface area contributed by atoms with Crippen molar-refractivity contribution in [1.82, 2.24) is 15.1 Å². The highest BCUT2D eigenvalue weighted by atomic mass is 16.7. The third-order valence-corrected chi connectivity index (χ3v) is 3.85. The molecule has 0 aromatic rings. The quantitative estimate of drug-likeness (QED) is 0.754. The largest absolute Gasteiger partial charge is 0.509 e. The molecule has 110 valence electrons. The van der Waals surface area contributed by atoms with Crippen LogP contribution in [0.25, 0.3) is 0 Å². The third-order valence-electron chi connectivity index (χ3n) is 3.85. The summed E-state index contributed by atoms with van der Waals surface area (Å²) in [6.45, 7) is 6.96. The molecule has 0 spiro atoms. The van der Waals surface area contributed by atoms with Gasteiger partial charge in [-0.2, -0.15) is 0 Å². The van der Waals surface area contributed by atoms with Gasteiger partial charge in [-0.15, -0.1) is 0 Å². The second-order valence-corrected chi connectivity index (χ2v) is 5.24. The molecule has 2 fully saturated rings. The number of nitrogens with one attached hydrogen (secondary N) is 1. The van der Waals surface area contributed by atoms with Crippen molar-refractivity contribution < 1.29 is 14.3 Å². The zero-order chi connectivity index (χ0) is 13.7. The van der Waals surface area contributed by atoms with Gasteiger partial charge in [0, 0.05) is 25.7 Å². The van der Waals surface area contributed by atoms with Crippen molar-refractivity contribution >= 4 is 6.16 Å². The molecule has 0 saturated carbocycles. The topological polar surface area (TPSA) is 54.0 Å². The first-order valence-corrected chi connectivity index (χ1v) is 7.19. The molecule has 2 heterocycles. The van der Waals surface area contributed by atoms with Crippen LogP contribution in [0.1, 0.15) is 19.8 Å². The molecule has 19 heavy (non-hydrogen) atoms. The Morgan fingerprint density at radius 2 is 2.05 bits per heavy atom. The summed E-state index contributed by atoms with van der Waals surface area (Å²) < 4.78 is 10.4. The molecule has 0 radical (unpaired) electrons. The zero-order valence-electron chi connectivity index (χ0n) is 11.9. The molecule has 2 aliphatic heterocycles. The van der Waals surface area contributed by atoms with E-state index in [0.29, 0.717) is 12.6 Å². The fraction of sp³-hybridized carbons (Fsp3) is 0.923. The van der Waals surface area contributed by atoms with Crippen LogP contribution in [-0.4, -0.2) is 74.6 Å². The molecule has 6 nitrogen and oxygen atoms in total. The molecule has 0 unspecified atom stereocenters. The van der Waals surface area contributed by atoms with Gasteiger partial charge in [0.1, 0.15) is 0 Å². The van der Waals surface area contributed by atoms with Crippen LogP contribution in [0.5, 0.6) is 0 Å². The highest BCUT2D eigenvalue weighted by Crippen LogP contribution is 2.19. The number of carbonyl (C=O) groups excluding carboxylic acids is 1. The van der Waals surface area contributed by atoms with E-state index in [9.17, 15) is 4.79 Å². The molecule has 1 atom stereocenters. The molecule has 6 heteroatoms. The number of carbonyl (C=O) groups is 1. The van der Waals surface area contributed by atoms with Crippen LogP contribution < -0.4 is 5.32 Å². The van der Waals surface area contributed by atoms with E-state index in [1.54, 1.807) is 6.92 Å². The van der Waals surface area contributed by atoms with Gasteiger partial charge in [-0.3, -0.25) is 4.90 Å². The van der Waals surface area contributed by atoms with Crippen molar-refractivity contribution in [2.45, 2.75) is 32.0 Å². The third kappa shape index (κ3) is 4.06. The number of hydrogen-bond donors (Lipinski definition) is 1. The number of rotatable bonds is 3. The highest BCUT2D eigenvalue weighted by molar-refractivity contribution is 5.60. The maximum Gasteiger partial charge on any atom is 0.509 e. The van der Waals surface area contributed by atoms with E-state index in [1.807, 2.05) is 0 Å². The van der Waals surface area contributed by atoms with Crippen LogP contribution in [0.4, 0.5) is 4.79 Å². The number of likely N-dealkylation sites (N-methyl/N-ethyl adjacent to an activating group) is 1. The summed E-state index contributed by atoms with van der Waals surface area (Å²) in [5.74, 6) is 0. The van der Waals surface area contributed by atoms with Gasteiger partial charge in [0.25, 0.3) is 0 Å². The van der Waals surface area contributed by atoms with Gasteiger partial charge in [0.2, 0.25) is 0 Å². The first-order valence-electron chi connectivity index (χ1n) is 7.19. The lowest BCUT2D eigenvalue weighted by atomic mass is 10.0. The summed E-state index contributed by atoms with van der Waals surface area (Å²) in [5, 5.41) is 3.37. The van der Waals surface area contributed by atoms with E-state index in [2.05, 4.69) is 22.2 Å². The summed E-state index contributed by atoms with van der Waals surface area (Å²) >= 11 is 0. The van der Waals surface area contributed by atoms with E-state index in [1.165, 1.54) is 0 Å². The lowest BCUT2D eigenvalue weighted by molar-refractivity contribution is -0.101. The minimum Gasteiger partial charge on any atom is -0.435 e. The SMILES string of the molecule is CCOC(=O)O[C@H]1CN(C)CCN1C1CCNCC1.